The van der Waals surface area contributed by atoms with Crippen LogP contribution in [0.1, 0.15) is 32.2 Å². The van der Waals surface area contributed by atoms with E-state index >= 15 is 0 Å². The molecular weight excluding hydrogens is 538 g/mol. The number of aromatic nitrogens is 2. The number of ether oxygens (including phenoxy) is 2. The lowest BCUT2D eigenvalue weighted by Crippen LogP contribution is -2.22. The largest absolute Gasteiger partial charge is 0.493 e. The van der Waals surface area contributed by atoms with E-state index in [0.29, 0.717) is 49.7 Å². The summed E-state index contributed by atoms with van der Waals surface area (Å²) in [5.74, 6) is 1.48. The Hall–Kier alpha value is -1.90. The van der Waals surface area contributed by atoms with Crippen molar-refractivity contribution in [2.45, 2.75) is 33.3 Å². The molecule has 30 heavy (non-hydrogen) atoms. The van der Waals surface area contributed by atoms with Crippen molar-refractivity contribution in [2.24, 2.45) is 5.10 Å². The maximum absolute atomic E-state index is 13.0. The number of nitrogens with zero attached hydrogens (tertiary/aromatic N) is 3. The van der Waals surface area contributed by atoms with E-state index in [0.717, 1.165) is 4.47 Å². The number of methoxy groups -OCH3 is 1. The molecule has 0 saturated heterocycles. The second kappa shape index (κ2) is 9.49. The lowest BCUT2D eigenvalue weighted by molar-refractivity contribution is 0.230. The average Bonchev–Trinajstić information content (AvgIpc) is 2.72. The van der Waals surface area contributed by atoms with E-state index in [1.165, 1.54) is 4.68 Å². The summed E-state index contributed by atoms with van der Waals surface area (Å²) in [4.78, 5) is 17.6. The molecule has 0 radical (unpaired) electrons. The van der Waals surface area contributed by atoms with Gasteiger partial charge in [-0.1, -0.05) is 34.5 Å². The third-order valence-corrected chi connectivity index (χ3v) is 6.17. The molecule has 0 saturated carbocycles. The fourth-order valence-corrected chi connectivity index (χ4v) is 3.86. The van der Waals surface area contributed by atoms with E-state index < -0.39 is 0 Å². The van der Waals surface area contributed by atoms with Gasteiger partial charge in [0.2, 0.25) is 0 Å². The van der Waals surface area contributed by atoms with Gasteiger partial charge in [0, 0.05) is 20.9 Å². The summed E-state index contributed by atoms with van der Waals surface area (Å²) in [6.07, 6.45) is 2.02. The molecule has 0 aliphatic carbocycles. The lowest BCUT2D eigenvalue weighted by atomic mass is 10.2. The van der Waals surface area contributed by atoms with Crippen LogP contribution in [0.25, 0.3) is 10.9 Å². The Morgan fingerprint density at radius 3 is 2.67 bits per heavy atom. The molecule has 0 spiro atoms. The highest BCUT2D eigenvalue weighted by Crippen LogP contribution is 2.42. The minimum Gasteiger partial charge on any atom is -0.493 e. The van der Waals surface area contributed by atoms with E-state index in [4.69, 9.17) is 21.1 Å². The predicted molar refractivity (Wildman–Crippen MR) is 128 cm³/mol. The zero-order valence-electron chi connectivity index (χ0n) is 16.9. The standard InChI is InChI=1S/C21H20Br2ClN3O3/c1-5-17-26-15-7-6-13(22)9-14(15)21(28)27(17)25-10-12-8-16(29-4)20(30-11(2)3)19(24)18(12)23/h6-11H,5H2,1-4H3. The average molecular weight is 558 g/mol. The molecule has 2 aromatic carbocycles. The topological polar surface area (TPSA) is 65.7 Å². The number of halogens is 3. The second-order valence-electron chi connectivity index (χ2n) is 6.70. The maximum Gasteiger partial charge on any atom is 0.282 e. The van der Waals surface area contributed by atoms with E-state index in [2.05, 4.69) is 41.9 Å². The van der Waals surface area contributed by atoms with Gasteiger partial charge in [-0.25, -0.2) is 4.98 Å². The summed E-state index contributed by atoms with van der Waals surface area (Å²) < 4.78 is 13.9. The molecule has 158 valence electrons. The van der Waals surface area contributed by atoms with Crippen LogP contribution in [-0.2, 0) is 6.42 Å². The fraction of sp³-hybridized carbons (Fsp3) is 0.286. The van der Waals surface area contributed by atoms with Gasteiger partial charge in [-0.15, -0.1) is 0 Å². The summed E-state index contributed by atoms with van der Waals surface area (Å²) in [7, 11) is 1.54. The van der Waals surface area contributed by atoms with Crippen LogP contribution >= 0.6 is 43.5 Å². The quantitative estimate of drug-likeness (QED) is 0.359. The first-order valence-electron chi connectivity index (χ1n) is 9.25. The molecule has 6 nitrogen and oxygen atoms in total. The van der Waals surface area contributed by atoms with Gasteiger partial charge in [-0.05, 0) is 54.0 Å². The van der Waals surface area contributed by atoms with Crippen LogP contribution in [0.4, 0.5) is 0 Å². The second-order valence-corrected chi connectivity index (χ2v) is 8.78. The Bertz CT molecular complexity index is 1190. The van der Waals surface area contributed by atoms with Gasteiger partial charge in [-0.2, -0.15) is 9.78 Å². The summed E-state index contributed by atoms with van der Waals surface area (Å²) >= 11 is 13.4. The zero-order valence-corrected chi connectivity index (χ0v) is 20.8. The Kier molecular flexibility index (Phi) is 7.21. The summed E-state index contributed by atoms with van der Waals surface area (Å²) in [6, 6.07) is 7.15. The van der Waals surface area contributed by atoms with Crippen molar-refractivity contribution in [3.05, 3.63) is 60.0 Å². The monoisotopic (exact) mass is 555 g/mol. The molecule has 0 bridgehead atoms. The Labute approximate surface area is 196 Å². The summed E-state index contributed by atoms with van der Waals surface area (Å²) in [6.45, 7) is 5.73. The highest BCUT2D eigenvalue weighted by atomic mass is 79.9. The molecule has 3 rings (SSSR count). The van der Waals surface area contributed by atoms with Crippen LogP contribution in [0, 0.1) is 0 Å². The highest BCUT2D eigenvalue weighted by Gasteiger charge is 2.18. The minimum absolute atomic E-state index is 0.0727. The molecule has 0 unspecified atom stereocenters. The van der Waals surface area contributed by atoms with Crippen LogP contribution in [0.2, 0.25) is 5.02 Å². The van der Waals surface area contributed by atoms with Gasteiger partial charge < -0.3 is 9.47 Å². The number of hydrogen-bond donors (Lipinski definition) is 0. The summed E-state index contributed by atoms with van der Waals surface area (Å²) in [5.41, 5.74) is 1.02. The first-order chi connectivity index (χ1) is 14.3. The van der Waals surface area contributed by atoms with E-state index in [-0.39, 0.29) is 11.7 Å². The summed E-state index contributed by atoms with van der Waals surface area (Å²) in [5, 5.41) is 5.26. The van der Waals surface area contributed by atoms with E-state index in [1.807, 2.05) is 32.9 Å². The number of benzene rings is 2. The van der Waals surface area contributed by atoms with Crippen LogP contribution in [0.3, 0.4) is 0 Å². The van der Waals surface area contributed by atoms with Crippen molar-refractivity contribution < 1.29 is 9.47 Å². The van der Waals surface area contributed by atoms with Crippen molar-refractivity contribution in [3.8, 4) is 11.5 Å². The third kappa shape index (κ3) is 4.55. The number of rotatable bonds is 6. The molecule has 0 N–H and O–H groups in total. The maximum atomic E-state index is 13.0. The fourth-order valence-electron chi connectivity index (χ4n) is 2.86. The first kappa shape index (κ1) is 22.8. The van der Waals surface area contributed by atoms with Crippen molar-refractivity contribution >= 4 is 60.6 Å². The van der Waals surface area contributed by atoms with Crippen LogP contribution < -0.4 is 15.0 Å². The van der Waals surface area contributed by atoms with Gasteiger partial charge in [-0.3, -0.25) is 4.79 Å². The molecule has 0 aliphatic rings. The molecule has 9 heteroatoms. The van der Waals surface area contributed by atoms with Crippen molar-refractivity contribution in [1.82, 2.24) is 9.66 Å². The molecule has 0 atom stereocenters. The Morgan fingerprint density at radius 1 is 1.30 bits per heavy atom. The highest BCUT2D eigenvalue weighted by molar-refractivity contribution is 9.10. The molecule has 0 amide bonds. The predicted octanol–water partition coefficient (Wildman–Crippen LogP) is 5.82. The SMILES string of the molecule is CCc1nc2ccc(Br)cc2c(=O)n1N=Cc1cc(OC)c(OC(C)C)c(Cl)c1Br. The van der Waals surface area contributed by atoms with Gasteiger partial charge in [0.05, 0.1) is 30.3 Å². The molecule has 3 aromatic rings. The normalized spacial score (nSPS) is 11.6. The number of fused-ring (bicyclic) bond motifs is 1. The smallest absolute Gasteiger partial charge is 0.282 e. The van der Waals surface area contributed by atoms with Gasteiger partial charge in [0.25, 0.3) is 5.56 Å². The minimum atomic E-state index is -0.247. The molecule has 1 aromatic heterocycles. The molecule has 0 aliphatic heterocycles. The van der Waals surface area contributed by atoms with E-state index in [1.54, 1.807) is 25.5 Å². The van der Waals surface area contributed by atoms with Crippen LogP contribution in [-0.4, -0.2) is 29.1 Å². The van der Waals surface area contributed by atoms with Crippen molar-refractivity contribution in [1.29, 1.82) is 0 Å². The molecule has 0 fully saturated rings. The van der Waals surface area contributed by atoms with Crippen molar-refractivity contribution in [2.75, 3.05) is 7.11 Å². The van der Waals surface area contributed by atoms with E-state index in [9.17, 15) is 4.79 Å². The third-order valence-electron chi connectivity index (χ3n) is 4.23. The van der Waals surface area contributed by atoms with Crippen molar-refractivity contribution in [3.63, 3.8) is 0 Å². The Morgan fingerprint density at radius 2 is 2.03 bits per heavy atom. The molecular formula is C21H20Br2ClN3O3. The zero-order chi connectivity index (χ0) is 22.0. The van der Waals surface area contributed by atoms with Gasteiger partial charge >= 0.3 is 0 Å². The van der Waals surface area contributed by atoms with Gasteiger partial charge in [0.15, 0.2) is 11.5 Å². The lowest BCUT2D eigenvalue weighted by Gasteiger charge is -2.17. The van der Waals surface area contributed by atoms with Gasteiger partial charge in [0.1, 0.15) is 10.8 Å². The first-order valence-corrected chi connectivity index (χ1v) is 11.2. The van der Waals surface area contributed by atoms with Crippen LogP contribution in [0.5, 0.6) is 11.5 Å². The number of hydrogen-bond acceptors (Lipinski definition) is 5. The Balaban J connectivity index is 2.14. The molecule has 1 heterocycles. The number of aryl methyl sites for hydroxylation is 1. The van der Waals surface area contributed by atoms with Crippen LogP contribution in [0.15, 0.2) is 43.1 Å².